The van der Waals surface area contributed by atoms with E-state index >= 15 is 0 Å². The molecule has 1 atom stereocenters. The largest absolute Gasteiger partial charge is 0.494 e. The number of hydrogen-bond acceptors (Lipinski definition) is 8. The summed E-state index contributed by atoms with van der Waals surface area (Å²) in [6.07, 6.45) is 5.86. The summed E-state index contributed by atoms with van der Waals surface area (Å²) in [5.74, 6) is -0.484. The van der Waals surface area contributed by atoms with E-state index < -0.39 is 17.9 Å². The normalized spacial score (nSPS) is 14.4. The molecule has 3 heterocycles. The number of aryl methyl sites for hydroxylation is 1. The van der Waals surface area contributed by atoms with Crippen LogP contribution < -0.4 is 15.1 Å². The molecule has 10 heteroatoms. The highest BCUT2D eigenvalue weighted by Crippen LogP contribution is 2.43. The van der Waals surface area contributed by atoms with E-state index in [4.69, 9.17) is 25.5 Å². The first-order valence-corrected chi connectivity index (χ1v) is 14.6. The molecule has 0 bridgehead atoms. The number of halogens is 1. The van der Waals surface area contributed by atoms with Crippen molar-refractivity contribution in [1.82, 2.24) is 4.98 Å². The molecule has 1 unspecified atom stereocenters. The van der Waals surface area contributed by atoms with Gasteiger partial charge in [0.1, 0.15) is 22.8 Å². The van der Waals surface area contributed by atoms with Crippen molar-refractivity contribution in [3.63, 3.8) is 0 Å². The van der Waals surface area contributed by atoms with E-state index in [1.807, 2.05) is 24.3 Å². The third-order valence-corrected chi connectivity index (χ3v) is 8.18. The molecule has 1 aliphatic heterocycles. The molecule has 0 spiro atoms. The predicted molar refractivity (Wildman–Crippen MR) is 160 cm³/mol. The number of fused-ring (bicyclic) bond motifs is 2. The molecule has 0 saturated heterocycles. The number of nitrogens with zero attached hydrogens (tertiary/aromatic N) is 2. The monoisotopic (exact) mass is 592 g/mol. The number of esters is 1. The summed E-state index contributed by atoms with van der Waals surface area (Å²) in [5, 5.41) is 0.889. The van der Waals surface area contributed by atoms with Gasteiger partial charge >= 0.3 is 5.97 Å². The fraction of sp³-hybridized carbons (Fsp3) is 0.290. The number of carbonyl (C=O) groups is 2. The molecule has 0 aliphatic carbocycles. The summed E-state index contributed by atoms with van der Waals surface area (Å²) < 4.78 is 17.1. The lowest BCUT2D eigenvalue weighted by Gasteiger charge is -2.22. The van der Waals surface area contributed by atoms with Gasteiger partial charge in [-0.15, -0.1) is 0 Å². The number of aromatic nitrogens is 1. The summed E-state index contributed by atoms with van der Waals surface area (Å²) in [6, 6.07) is 11.1. The Labute approximate surface area is 246 Å². The van der Waals surface area contributed by atoms with Crippen molar-refractivity contribution < 1.29 is 23.5 Å². The molecule has 5 rings (SSSR count). The van der Waals surface area contributed by atoms with Crippen molar-refractivity contribution in [3.05, 3.63) is 97.8 Å². The zero-order valence-electron chi connectivity index (χ0n) is 22.8. The highest BCUT2D eigenvalue weighted by atomic mass is 35.5. The maximum Gasteiger partial charge on any atom is 0.350 e. The minimum atomic E-state index is -0.849. The van der Waals surface area contributed by atoms with Gasteiger partial charge in [-0.05, 0) is 49.2 Å². The Morgan fingerprint density at radius 2 is 1.95 bits per heavy atom. The van der Waals surface area contributed by atoms with Gasteiger partial charge in [0.15, 0.2) is 10.6 Å². The van der Waals surface area contributed by atoms with Crippen LogP contribution in [0.3, 0.4) is 0 Å². The molecule has 8 nitrogen and oxygen atoms in total. The van der Waals surface area contributed by atoms with Crippen LogP contribution in [-0.4, -0.2) is 30.1 Å². The highest BCUT2D eigenvalue weighted by Gasteiger charge is 2.45. The van der Waals surface area contributed by atoms with E-state index in [0.717, 1.165) is 30.6 Å². The lowest BCUT2D eigenvalue weighted by atomic mass is 9.98. The third-order valence-electron chi connectivity index (χ3n) is 6.80. The number of hydrogen-bond donors (Lipinski definition) is 0. The topological polar surface area (TPSA) is 98.9 Å². The van der Waals surface area contributed by atoms with Gasteiger partial charge in [-0.1, -0.05) is 73.9 Å². The minimum absolute atomic E-state index is 0.0445. The smallest absolute Gasteiger partial charge is 0.350 e. The van der Waals surface area contributed by atoms with Crippen molar-refractivity contribution in [3.8, 4) is 5.75 Å². The van der Waals surface area contributed by atoms with E-state index in [9.17, 15) is 14.4 Å². The molecule has 0 N–H and O–H groups in total. The number of benzene rings is 2. The Balaban J connectivity index is 1.57. The molecule has 0 saturated carbocycles. The molecule has 2 aromatic heterocycles. The first-order chi connectivity index (χ1) is 19.8. The van der Waals surface area contributed by atoms with E-state index in [-0.39, 0.29) is 44.3 Å². The van der Waals surface area contributed by atoms with Crippen LogP contribution in [0.15, 0.2) is 64.3 Å². The molecular formula is C31H29ClN2O6S. The van der Waals surface area contributed by atoms with Gasteiger partial charge in [0, 0.05) is 5.02 Å². The van der Waals surface area contributed by atoms with E-state index in [1.165, 1.54) is 23.5 Å². The molecule has 2 aromatic carbocycles. The second kappa shape index (κ2) is 12.3. The Morgan fingerprint density at radius 3 is 2.68 bits per heavy atom. The maximum absolute atomic E-state index is 13.9. The molecule has 1 aliphatic rings. The van der Waals surface area contributed by atoms with Gasteiger partial charge in [0.05, 0.1) is 29.3 Å². The zero-order valence-corrected chi connectivity index (χ0v) is 24.3. The second-order valence-corrected chi connectivity index (χ2v) is 11.1. The molecule has 0 radical (unpaired) electrons. The fourth-order valence-electron chi connectivity index (χ4n) is 4.80. The van der Waals surface area contributed by atoms with Crippen LogP contribution in [0.1, 0.15) is 75.7 Å². The summed E-state index contributed by atoms with van der Waals surface area (Å²) >= 11 is 7.21. The first kappa shape index (κ1) is 28.6. The van der Waals surface area contributed by atoms with E-state index in [1.54, 1.807) is 19.1 Å². The van der Waals surface area contributed by atoms with Gasteiger partial charge in [-0.2, -0.15) is 0 Å². The Morgan fingerprint density at radius 1 is 1.17 bits per heavy atom. The van der Waals surface area contributed by atoms with Crippen LogP contribution in [-0.2, 0) is 4.74 Å². The first-order valence-electron chi connectivity index (χ1n) is 13.4. The van der Waals surface area contributed by atoms with Crippen LogP contribution in [0, 0.1) is 6.92 Å². The third kappa shape index (κ3) is 5.64. The fourth-order valence-corrected chi connectivity index (χ4v) is 5.96. The number of unbranched alkanes of at least 4 members (excludes halogenated alkanes) is 3. The van der Waals surface area contributed by atoms with E-state index in [0.29, 0.717) is 28.6 Å². The lowest BCUT2D eigenvalue weighted by molar-refractivity contribution is 0.0554. The molecule has 4 aromatic rings. The maximum atomic E-state index is 13.9. The summed E-state index contributed by atoms with van der Waals surface area (Å²) in [5.41, 5.74) is 1.14. The quantitative estimate of drug-likeness (QED) is 0.103. The standard InChI is InChI=1S/C31H29ClN2O6S/c1-4-6-7-8-16-38-21-12-9-19(10-13-21)25-24-26(35)22-17-20(32)11-14-23(22)40-27(24)29(36)34(25)31-33-18(3)28(41-31)30(37)39-15-5-2/h5,9-14,17,25H,2,4,6-8,15-16H2,1,3H3. The van der Waals surface area contributed by atoms with Crippen molar-refractivity contribution >= 4 is 50.9 Å². The highest BCUT2D eigenvalue weighted by molar-refractivity contribution is 7.17. The molecule has 212 valence electrons. The SMILES string of the molecule is C=CCOC(=O)c1sc(N2C(=O)c3oc4ccc(Cl)cc4c(=O)c3C2c2ccc(OCCCCCC)cc2)nc1C. The minimum Gasteiger partial charge on any atom is -0.494 e. The molecule has 0 fully saturated rings. The van der Waals surface area contributed by atoms with Gasteiger partial charge in [0.25, 0.3) is 5.91 Å². The lowest BCUT2D eigenvalue weighted by Crippen LogP contribution is -2.29. The average molecular weight is 593 g/mol. The van der Waals surface area contributed by atoms with Crippen molar-refractivity contribution in [2.75, 3.05) is 18.1 Å². The van der Waals surface area contributed by atoms with Crippen LogP contribution >= 0.6 is 22.9 Å². The summed E-state index contributed by atoms with van der Waals surface area (Å²) in [7, 11) is 0. The summed E-state index contributed by atoms with van der Waals surface area (Å²) in [4.78, 5) is 46.6. The molecule has 1 amide bonds. The molecular weight excluding hydrogens is 564 g/mol. The van der Waals surface area contributed by atoms with Crippen molar-refractivity contribution in [2.24, 2.45) is 0 Å². The number of thiazole rings is 1. The predicted octanol–water partition coefficient (Wildman–Crippen LogP) is 7.26. The number of carbonyl (C=O) groups excluding carboxylic acids is 2. The van der Waals surface area contributed by atoms with Crippen LogP contribution in [0.4, 0.5) is 5.13 Å². The van der Waals surface area contributed by atoms with Gasteiger partial charge in [-0.25, -0.2) is 9.78 Å². The van der Waals surface area contributed by atoms with Crippen LogP contribution in [0.2, 0.25) is 5.02 Å². The number of amides is 1. The van der Waals surface area contributed by atoms with Gasteiger partial charge in [0.2, 0.25) is 5.76 Å². The van der Waals surface area contributed by atoms with Gasteiger partial charge < -0.3 is 13.9 Å². The average Bonchev–Trinajstić information content (AvgIpc) is 3.49. The summed E-state index contributed by atoms with van der Waals surface area (Å²) in [6.45, 7) is 8.04. The Bertz CT molecular complexity index is 1680. The van der Waals surface area contributed by atoms with Crippen LogP contribution in [0.25, 0.3) is 11.0 Å². The van der Waals surface area contributed by atoms with E-state index in [2.05, 4.69) is 18.5 Å². The molecule has 41 heavy (non-hydrogen) atoms. The zero-order chi connectivity index (χ0) is 29.1. The Hall–Kier alpha value is -3.95. The second-order valence-electron chi connectivity index (χ2n) is 9.67. The number of anilines is 1. The number of ether oxygens (including phenoxy) is 2. The number of rotatable bonds is 11. The van der Waals surface area contributed by atoms with Gasteiger partial charge in [-0.3, -0.25) is 14.5 Å². The Kier molecular flexibility index (Phi) is 8.56. The van der Waals surface area contributed by atoms with Crippen LogP contribution in [0.5, 0.6) is 5.75 Å². The van der Waals surface area contributed by atoms with Crippen molar-refractivity contribution in [2.45, 2.75) is 45.6 Å². The van der Waals surface area contributed by atoms with Crippen molar-refractivity contribution in [1.29, 1.82) is 0 Å².